The number of amides is 2. The Labute approximate surface area is 216 Å². The van der Waals surface area contributed by atoms with Crippen LogP contribution in [0.1, 0.15) is 45.6 Å². The summed E-state index contributed by atoms with van der Waals surface area (Å²) >= 11 is 0. The Morgan fingerprint density at radius 3 is 2.51 bits per heavy atom. The van der Waals surface area contributed by atoms with Crippen LogP contribution in [0.5, 0.6) is 5.75 Å². The maximum Gasteiger partial charge on any atom is 0.407 e. The summed E-state index contributed by atoms with van der Waals surface area (Å²) in [5, 5.41) is 15.5. The summed E-state index contributed by atoms with van der Waals surface area (Å²) in [7, 11) is 0. The van der Waals surface area contributed by atoms with Gasteiger partial charge in [-0.3, -0.25) is 4.79 Å². The van der Waals surface area contributed by atoms with Gasteiger partial charge in [-0.2, -0.15) is 5.26 Å². The zero-order valence-electron chi connectivity index (χ0n) is 21.3. The van der Waals surface area contributed by atoms with Gasteiger partial charge in [0, 0.05) is 31.0 Å². The van der Waals surface area contributed by atoms with Gasteiger partial charge in [0.2, 0.25) is 5.91 Å². The molecule has 2 amide bonds. The molecule has 4 fully saturated rings. The normalized spacial score (nSPS) is 24.6. The van der Waals surface area contributed by atoms with Gasteiger partial charge in [-0.05, 0) is 74.4 Å². The average Bonchev–Trinajstić information content (AvgIpc) is 2.81. The first-order valence-corrected chi connectivity index (χ1v) is 12.8. The topological polar surface area (TPSA) is 123 Å². The first-order valence-electron chi connectivity index (χ1n) is 12.8. The zero-order chi connectivity index (χ0) is 26.2. The highest BCUT2D eigenvalue weighted by Gasteiger charge is 2.64. The third kappa shape index (κ3) is 5.39. The first-order chi connectivity index (χ1) is 17.7. The van der Waals surface area contributed by atoms with Gasteiger partial charge in [0.25, 0.3) is 0 Å². The van der Waals surface area contributed by atoms with Gasteiger partial charge in [0.05, 0.1) is 18.8 Å². The van der Waals surface area contributed by atoms with E-state index in [1.165, 1.54) is 0 Å². The molecule has 2 heterocycles. The van der Waals surface area contributed by atoms with Gasteiger partial charge in [0.1, 0.15) is 29.3 Å². The third-order valence-electron chi connectivity index (χ3n) is 7.28. The molecule has 9 heteroatoms. The fourth-order valence-electron chi connectivity index (χ4n) is 5.25. The fourth-order valence-corrected chi connectivity index (χ4v) is 5.25. The number of hydrogen-bond acceptors (Lipinski definition) is 7. The van der Waals surface area contributed by atoms with Crippen LogP contribution in [-0.2, 0) is 14.3 Å². The summed E-state index contributed by atoms with van der Waals surface area (Å²) < 4.78 is 16.8. The smallest absolute Gasteiger partial charge is 0.407 e. The number of anilines is 1. The Kier molecular flexibility index (Phi) is 6.78. The minimum atomic E-state index is -0.558. The van der Waals surface area contributed by atoms with Gasteiger partial charge < -0.3 is 24.8 Å². The molecule has 1 aromatic carbocycles. The summed E-state index contributed by atoms with van der Waals surface area (Å²) in [5.41, 5.74) is 1.58. The molecule has 9 nitrogen and oxygen atoms in total. The van der Waals surface area contributed by atoms with E-state index in [9.17, 15) is 14.9 Å². The maximum absolute atomic E-state index is 12.9. The molecule has 194 valence electrons. The van der Waals surface area contributed by atoms with E-state index in [0.717, 1.165) is 30.4 Å². The van der Waals surface area contributed by atoms with Crippen LogP contribution in [0, 0.1) is 29.1 Å². The van der Waals surface area contributed by atoms with E-state index in [1.54, 1.807) is 18.3 Å². The largest absolute Gasteiger partial charge is 0.489 e. The SMILES string of the molecule is CC(C)(C)OC(=O)NC1C2CC1C2C(=O)Nc1cc(-c2ccc(OC3CCOCC3)c(C#N)c2)ccn1. The lowest BCUT2D eigenvalue weighted by Crippen LogP contribution is -2.72. The number of rotatable bonds is 6. The van der Waals surface area contributed by atoms with E-state index >= 15 is 0 Å². The Morgan fingerprint density at radius 2 is 1.84 bits per heavy atom. The van der Waals surface area contributed by atoms with Crippen molar-refractivity contribution in [3.8, 4) is 22.9 Å². The quantitative estimate of drug-likeness (QED) is 0.602. The highest BCUT2D eigenvalue weighted by atomic mass is 16.6. The Bertz CT molecular complexity index is 1220. The van der Waals surface area contributed by atoms with Crippen molar-refractivity contribution in [3.63, 3.8) is 0 Å². The summed E-state index contributed by atoms with van der Waals surface area (Å²) in [4.78, 5) is 29.3. The summed E-state index contributed by atoms with van der Waals surface area (Å²) in [6.07, 6.45) is 3.77. The molecule has 3 saturated carbocycles. The number of ether oxygens (including phenoxy) is 3. The van der Waals surface area contributed by atoms with Crippen molar-refractivity contribution in [2.75, 3.05) is 18.5 Å². The fraction of sp³-hybridized carbons (Fsp3) is 0.500. The zero-order valence-corrected chi connectivity index (χ0v) is 21.3. The van der Waals surface area contributed by atoms with Crippen LogP contribution in [-0.4, -0.2) is 47.9 Å². The van der Waals surface area contributed by atoms with E-state index in [2.05, 4.69) is 21.7 Å². The second-order valence-electron chi connectivity index (χ2n) is 10.9. The Morgan fingerprint density at radius 1 is 1.11 bits per heavy atom. The van der Waals surface area contributed by atoms with Crippen LogP contribution in [0.2, 0.25) is 0 Å². The van der Waals surface area contributed by atoms with Crippen molar-refractivity contribution >= 4 is 17.8 Å². The van der Waals surface area contributed by atoms with E-state index in [0.29, 0.717) is 30.3 Å². The van der Waals surface area contributed by atoms with Crippen molar-refractivity contribution in [1.29, 1.82) is 5.26 Å². The molecule has 2 atom stereocenters. The molecule has 3 aliphatic carbocycles. The van der Waals surface area contributed by atoms with Crippen molar-refractivity contribution < 1.29 is 23.8 Å². The number of hydrogen-bond donors (Lipinski definition) is 2. The van der Waals surface area contributed by atoms with E-state index in [-0.39, 0.29) is 35.8 Å². The Hall–Kier alpha value is -3.64. The third-order valence-corrected chi connectivity index (χ3v) is 7.28. The molecule has 37 heavy (non-hydrogen) atoms. The number of carbonyl (C=O) groups excluding carboxylic acids is 2. The monoisotopic (exact) mass is 504 g/mol. The number of aromatic nitrogens is 1. The number of pyridine rings is 1. The molecule has 6 rings (SSSR count). The minimum Gasteiger partial charge on any atom is -0.489 e. The molecule has 1 aromatic heterocycles. The van der Waals surface area contributed by atoms with Crippen LogP contribution in [0.15, 0.2) is 36.5 Å². The molecular formula is C28H32N4O5. The second kappa shape index (κ2) is 10.0. The van der Waals surface area contributed by atoms with E-state index in [1.807, 2.05) is 39.0 Å². The van der Waals surface area contributed by atoms with Gasteiger partial charge in [-0.15, -0.1) is 0 Å². The number of nitrogens with one attached hydrogen (secondary N) is 2. The summed E-state index contributed by atoms with van der Waals surface area (Å²) in [5.74, 6) is 1.01. The van der Waals surface area contributed by atoms with Gasteiger partial charge in [-0.1, -0.05) is 6.07 Å². The van der Waals surface area contributed by atoms with Gasteiger partial charge in [0.15, 0.2) is 0 Å². The van der Waals surface area contributed by atoms with Gasteiger partial charge in [-0.25, -0.2) is 9.78 Å². The van der Waals surface area contributed by atoms with Crippen molar-refractivity contribution in [2.45, 2.75) is 57.8 Å². The highest BCUT2D eigenvalue weighted by molar-refractivity contribution is 5.94. The highest BCUT2D eigenvalue weighted by Crippen LogP contribution is 2.59. The molecule has 0 spiro atoms. The van der Waals surface area contributed by atoms with Crippen LogP contribution in [0.4, 0.5) is 10.6 Å². The van der Waals surface area contributed by atoms with Gasteiger partial charge >= 0.3 is 6.09 Å². The number of benzene rings is 1. The van der Waals surface area contributed by atoms with E-state index in [4.69, 9.17) is 14.2 Å². The number of nitriles is 1. The molecule has 2 bridgehead atoms. The molecule has 1 saturated heterocycles. The predicted molar refractivity (Wildman–Crippen MR) is 136 cm³/mol. The molecule has 1 aliphatic heterocycles. The van der Waals surface area contributed by atoms with Crippen molar-refractivity contribution in [1.82, 2.24) is 10.3 Å². The summed E-state index contributed by atoms with van der Waals surface area (Å²) in [6.45, 7) is 6.80. The van der Waals surface area contributed by atoms with Crippen LogP contribution >= 0.6 is 0 Å². The lowest BCUT2D eigenvalue weighted by molar-refractivity contribution is -0.158. The lowest BCUT2D eigenvalue weighted by atomic mass is 9.44. The standard InChI is InChI=1S/C28H32N4O5/c1-28(2,3)37-27(34)32-25-20-14-21(25)24(20)26(33)31-23-13-17(6-9-30-23)16-4-5-22(18(12-16)15-29)36-19-7-10-35-11-8-19/h4-6,9,12-13,19-21,24-25H,7-8,10-11,14H2,1-3H3,(H,32,34)(H,30,31,33). The lowest BCUT2D eigenvalue weighted by Gasteiger charge is -2.63. The maximum atomic E-state index is 12.9. The number of carbonyl (C=O) groups is 2. The van der Waals surface area contributed by atoms with Crippen molar-refractivity contribution in [2.24, 2.45) is 17.8 Å². The first kappa shape index (κ1) is 25.0. The molecule has 4 aliphatic rings. The minimum absolute atomic E-state index is 0.0174. The molecule has 2 aromatic rings. The van der Waals surface area contributed by atoms with Crippen LogP contribution < -0.4 is 15.4 Å². The van der Waals surface area contributed by atoms with Crippen LogP contribution in [0.3, 0.4) is 0 Å². The average molecular weight is 505 g/mol. The number of nitrogens with zero attached hydrogens (tertiary/aromatic N) is 2. The predicted octanol–water partition coefficient (Wildman–Crippen LogP) is 4.28. The Balaban J connectivity index is 1.20. The van der Waals surface area contributed by atoms with Crippen molar-refractivity contribution in [3.05, 3.63) is 42.1 Å². The van der Waals surface area contributed by atoms with E-state index < -0.39 is 11.7 Å². The molecule has 0 radical (unpaired) electrons. The van der Waals surface area contributed by atoms with Crippen LogP contribution in [0.25, 0.3) is 11.1 Å². The summed E-state index contributed by atoms with van der Waals surface area (Å²) in [6, 6.07) is 11.4. The molecule has 2 N–H and O–H groups in total. The molecule has 2 unspecified atom stereocenters. The molecular weight excluding hydrogens is 472 g/mol. The second-order valence-corrected chi connectivity index (χ2v) is 10.9. The number of alkyl carbamates (subject to hydrolysis) is 1.